The smallest absolute Gasteiger partial charge is 0.343 e. The highest BCUT2D eigenvalue weighted by atomic mass is 19.1. The first-order valence-corrected chi connectivity index (χ1v) is 11.2. The van der Waals surface area contributed by atoms with Gasteiger partial charge in [0.25, 0.3) is 5.56 Å². The van der Waals surface area contributed by atoms with Crippen molar-refractivity contribution >= 4 is 16.9 Å². The van der Waals surface area contributed by atoms with E-state index >= 15 is 0 Å². The van der Waals surface area contributed by atoms with Crippen LogP contribution in [0.4, 0.5) is 4.39 Å². The molecule has 6 rings (SSSR count). The molecule has 2 aromatic heterocycles. The zero-order valence-corrected chi connectivity index (χ0v) is 18.0. The summed E-state index contributed by atoms with van der Waals surface area (Å²) in [5.74, 6) is -1.01. The lowest BCUT2D eigenvalue weighted by molar-refractivity contribution is -0.172. The minimum atomic E-state index is -1.86. The lowest BCUT2D eigenvalue weighted by Gasteiger charge is -2.31. The van der Waals surface area contributed by atoms with Gasteiger partial charge in [-0.15, -0.1) is 0 Å². The third-order valence-corrected chi connectivity index (χ3v) is 7.52. The summed E-state index contributed by atoms with van der Waals surface area (Å²) in [5.41, 5.74) is 4.09. The summed E-state index contributed by atoms with van der Waals surface area (Å²) in [4.78, 5) is 30.6. The van der Waals surface area contributed by atoms with Gasteiger partial charge in [-0.25, -0.2) is 14.2 Å². The van der Waals surface area contributed by atoms with Crippen LogP contribution >= 0.6 is 0 Å². The third kappa shape index (κ3) is 2.34. The number of carbonyl (C=O) groups is 1. The van der Waals surface area contributed by atoms with Gasteiger partial charge in [-0.3, -0.25) is 4.79 Å². The molecule has 6 nitrogen and oxygen atoms in total. The summed E-state index contributed by atoms with van der Waals surface area (Å²) >= 11 is 0. The van der Waals surface area contributed by atoms with Crippen molar-refractivity contribution in [3.8, 4) is 11.4 Å². The number of cyclic esters (lactones) is 1. The zero-order chi connectivity index (χ0) is 22.4. The first-order valence-electron chi connectivity index (χ1n) is 11.2. The van der Waals surface area contributed by atoms with Crippen molar-refractivity contribution in [2.75, 3.05) is 0 Å². The second kappa shape index (κ2) is 6.48. The number of aryl methyl sites for hydroxylation is 2. The van der Waals surface area contributed by atoms with Crippen molar-refractivity contribution in [1.29, 1.82) is 0 Å². The summed E-state index contributed by atoms with van der Waals surface area (Å²) in [6, 6.07) is 3.20. The van der Waals surface area contributed by atoms with Crippen molar-refractivity contribution < 1.29 is 19.0 Å². The molecule has 2 aliphatic heterocycles. The Morgan fingerprint density at radius 1 is 1.16 bits per heavy atom. The van der Waals surface area contributed by atoms with Crippen LogP contribution in [0.15, 0.2) is 16.9 Å². The molecule has 1 aliphatic carbocycles. The number of nitrogens with zero attached hydrogens (tertiary/aromatic N) is 2. The van der Waals surface area contributed by atoms with Gasteiger partial charge in [0.2, 0.25) is 0 Å². The number of fused-ring (bicyclic) bond motifs is 5. The summed E-state index contributed by atoms with van der Waals surface area (Å²) in [6.45, 7) is 3.73. The highest BCUT2D eigenvalue weighted by Gasteiger charge is 2.45. The number of esters is 1. The summed E-state index contributed by atoms with van der Waals surface area (Å²) in [6.07, 6.45) is 3.73. The molecule has 32 heavy (non-hydrogen) atoms. The van der Waals surface area contributed by atoms with Crippen LogP contribution in [-0.4, -0.2) is 20.6 Å². The summed E-state index contributed by atoms with van der Waals surface area (Å²) in [5, 5.41) is 12.1. The SMILES string of the molecule is CC[C@@]1(O)C(=O)OCc2c1cc1n(c2=O)Cc2c-1nc1cc(F)c(C)c3c1c2CCCC3. The van der Waals surface area contributed by atoms with Gasteiger partial charge in [0.05, 0.1) is 29.0 Å². The molecule has 1 N–H and O–H groups in total. The fourth-order valence-electron chi connectivity index (χ4n) is 5.68. The Balaban J connectivity index is 1.68. The van der Waals surface area contributed by atoms with E-state index in [4.69, 9.17) is 9.72 Å². The number of ether oxygens (including phenoxy) is 1. The Hall–Kier alpha value is -3.06. The van der Waals surface area contributed by atoms with E-state index in [0.717, 1.165) is 47.8 Å². The van der Waals surface area contributed by atoms with Gasteiger partial charge >= 0.3 is 5.97 Å². The predicted octanol–water partition coefficient (Wildman–Crippen LogP) is 3.41. The Morgan fingerprint density at radius 2 is 1.91 bits per heavy atom. The Labute approximate surface area is 183 Å². The lowest BCUT2D eigenvalue weighted by Crippen LogP contribution is -2.44. The number of halogens is 1. The second-order valence-corrected chi connectivity index (χ2v) is 9.08. The highest BCUT2D eigenvalue weighted by Crippen LogP contribution is 2.42. The van der Waals surface area contributed by atoms with Crippen molar-refractivity contribution in [1.82, 2.24) is 9.55 Å². The maximum atomic E-state index is 14.7. The van der Waals surface area contributed by atoms with Crippen LogP contribution in [0.1, 0.15) is 59.6 Å². The van der Waals surface area contributed by atoms with E-state index in [9.17, 15) is 19.1 Å². The molecule has 1 aromatic carbocycles. The lowest BCUT2D eigenvalue weighted by atomic mass is 9.86. The molecule has 3 aromatic rings. The van der Waals surface area contributed by atoms with Crippen LogP contribution in [0.2, 0.25) is 0 Å². The van der Waals surface area contributed by atoms with Gasteiger partial charge in [0, 0.05) is 22.6 Å². The third-order valence-electron chi connectivity index (χ3n) is 7.52. The molecule has 7 heteroatoms. The molecular formula is C25H23FN2O4. The number of benzene rings is 1. The van der Waals surface area contributed by atoms with Crippen LogP contribution in [0.25, 0.3) is 22.3 Å². The molecule has 4 heterocycles. The van der Waals surface area contributed by atoms with Gasteiger partial charge in [-0.2, -0.15) is 0 Å². The molecule has 0 bridgehead atoms. The van der Waals surface area contributed by atoms with Crippen LogP contribution < -0.4 is 5.56 Å². The molecule has 0 radical (unpaired) electrons. The van der Waals surface area contributed by atoms with E-state index in [1.54, 1.807) is 17.6 Å². The van der Waals surface area contributed by atoms with Crippen LogP contribution in [0.3, 0.4) is 0 Å². The predicted molar refractivity (Wildman–Crippen MR) is 116 cm³/mol. The van der Waals surface area contributed by atoms with Crippen molar-refractivity contribution in [2.45, 2.75) is 64.7 Å². The van der Waals surface area contributed by atoms with E-state index in [1.165, 1.54) is 6.07 Å². The largest absolute Gasteiger partial charge is 0.458 e. The number of hydrogen-bond acceptors (Lipinski definition) is 5. The van der Waals surface area contributed by atoms with Crippen molar-refractivity contribution in [2.24, 2.45) is 0 Å². The monoisotopic (exact) mass is 434 g/mol. The summed E-state index contributed by atoms with van der Waals surface area (Å²) in [7, 11) is 0. The average molecular weight is 434 g/mol. The molecule has 164 valence electrons. The van der Waals surface area contributed by atoms with Crippen molar-refractivity contribution in [3.63, 3.8) is 0 Å². The molecule has 0 fully saturated rings. The van der Waals surface area contributed by atoms with Crippen LogP contribution in [-0.2, 0) is 41.1 Å². The number of aliphatic hydroxyl groups is 1. The zero-order valence-electron chi connectivity index (χ0n) is 18.0. The molecule has 0 unspecified atom stereocenters. The molecule has 0 saturated carbocycles. The quantitative estimate of drug-likeness (QED) is 0.465. The van der Waals surface area contributed by atoms with Gasteiger partial charge in [0.15, 0.2) is 5.60 Å². The van der Waals surface area contributed by atoms with Crippen LogP contribution in [0, 0.1) is 12.7 Å². The average Bonchev–Trinajstić information content (AvgIpc) is 2.99. The highest BCUT2D eigenvalue weighted by molar-refractivity contribution is 5.92. The second-order valence-electron chi connectivity index (χ2n) is 9.08. The molecule has 1 atom stereocenters. The van der Waals surface area contributed by atoms with E-state index in [2.05, 4.69) is 0 Å². The minimum Gasteiger partial charge on any atom is -0.458 e. The number of aromatic nitrogens is 2. The normalized spacial score (nSPS) is 21.1. The maximum Gasteiger partial charge on any atom is 0.343 e. The van der Waals surface area contributed by atoms with Gasteiger partial charge < -0.3 is 14.4 Å². The van der Waals surface area contributed by atoms with Gasteiger partial charge in [-0.05, 0) is 61.8 Å². The maximum absolute atomic E-state index is 14.7. The number of carbonyl (C=O) groups excluding carboxylic acids is 1. The Morgan fingerprint density at radius 3 is 2.66 bits per heavy atom. The van der Waals surface area contributed by atoms with Gasteiger partial charge in [0.1, 0.15) is 12.4 Å². The van der Waals surface area contributed by atoms with E-state index in [1.807, 2.05) is 6.92 Å². The Kier molecular flexibility index (Phi) is 3.97. The van der Waals surface area contributed by atoms with Gasteiger partial charge in [-0.1, -0.05) is 6.92 Å². The molecule has 3 aliphatic rings. The Bertz CT molecular complexity index is 1420. The fourth-order valence-corrected chi connectivity index (χ4v) is 5.68. The van der Waals surface area contributed by atoms with E-state index in [0.29, 0.717) is 40.1 Å². The topological polar surface area (TPSA) is 81.4 Å². The van der Waals surface area contributed by atoms with Crippen molar-refractivity contribution in [3.05, 3.63) is 61.7 Å². The number of pyridine rings is 2. The molecule has 0 amide bonds. The molecule has 0 saturated heterocycles. The first kappa shape index (κ1) is 19.6. The minimum absolute atomic E-state index is 0.0961. The van der Waals surface area contributed by atoms with E-state index in [-0.39, 0.29) is 24.4 Å². The standard InChI is InChI=1S/C25H23FN2O4/c1-3-25(31)17-8-20-22-15(10-28(20)23(29)16(17)11-32-24(25)30)14-7-5-4-6-13-12(2)18(26)9-19(27-22)21(13)14/h8-9,31H,3-7,10-11H2,1-2H3/t25-/m0/s1. The van der Waals surface area contributed by atoms with Crippen LogP contribution in [0.5, 0.6) is 0 Å². The fraction of sp³-hybridized carbons (Fsp3) is 0.400. The summed E-state index contributed by atoms with van der Waals surface area (Å²) < 4.78 is 21.5. The first-order chi connectivity index (χ1) is 15.3. The molecule has 0 spiro atoms. The molecular weight excluding hydrogens is 411 g/mol. The van der Waals surface area contributed by atoms with E-state index < -0.39 is 11.6 Å². The number of hydrogen-bond donors (Lipinski definition) is 1. The number of rotatable bonds is 1.